The predicted octanol–water partition coefficient (Wildman–Crippen LogP) is 2.34. The summed E-state index contributed by atoms with van der Waals surface area (Å²) in [6.45, 7) is 0.492. The molecule has 5 atom stereocenters. The first-order valence-electron chi connectivity index (χ1n) is 12.1. The molecular formula is C25H27F2N5O4. The first kappa shape index (κ1) is 24.0. The minimum Gasteiger partial charge on any atom is -0.496 e. The van der Waals surface area contributed by atoms with E-state index in [1.807, 2.05) is 6.07 Å². The Balaban J connectivity index is 1.43. The zero-order valence-corrected chi connectivity index (χ0v) is 19.7. The Morgan fingerprint density at radius 3 is 2.81 bits per heavy atom. The minimum absolute atomic E-state index is 0.0844. The maximum Gasteiger partial charge on any atom is 0.271 e. The summed E-state index contributed by atoms with van der Waals surface area (Å²) in [5.41, 5.74) is 0.813. The number of aromatic amines is 1. The van der Waals surface area contributed by atoms with Crippen molar-refractivity contribution >= 4 is 28.6 Å². The Hall–Kier alpha value is -3.68. The highest BCUT2D eigenvalue weighted by molar-refractivity contribution is 6.02. The number of benzene rings is 1. The maximum absolute atomic E-state index is 15.0. The average Bonchev–Trinajstić information content (AvgIpc) is 3.48. The van der Waals surface area contributed by atoms with Crippen LogP contribution >= 0.6 is 0 Å². The zero-order valence-electron chi connectivity index (χ0n) is 19.7. The van der Waals surface area contributed by atoms with Gasteiger partial charge in [0, 0.05) is 35.8 Å². The minimum atomic E-state index is -3.11. The van der Waals surface area contributed by atoms with Crippen LogP contribution in [0.4, 0.5) is 8.78 Å². The number of fused-ring (bicyclic) bond motifs is 4. The SMILES string of the molecule is COc1cccc2[nH]c(C(=O)N3[C@@H]4CC[C@H]([C@H]3C(=O)N[C@@H](C#N)C[C@@H]3CCNC3=O)C(F)(F)C4)cc12. The summed E-state index contributed by atoms with van der Waals surface area (Å²) >= 11 is 0. The molecule has 1 aromatic heterocycles. The number of nitrogens with one attached hydrogen (secondary N) is 3. The van der Waals surface area contributed by atoms with Gasteiger partial charge < -0.3 is 25.3 Å². The summed E-state index contributed by atoms with van der Waals surface area (Å²) in [4.78, 5) is 43.3. The number of piperidine rings is 2. The smallest absolute Gasteiger partial charge is 0.271 e. The van der Waals surface area contributed by atoms with Crippen LogP contribution in [-0.2, 0) is 9.59 Å². The zero-order chi connectivity index (χ0) is 25.6. The first-order chi connectivity index (χ1) is 17.2. The van der Waals surface area contributed by atoms with E-state index in [2.05, 4.69) is 15.6 Å². The van der Waals surface area contributed by atoms with E-state index in [1.165, 1.54) is 12.0 Å². The average molecular weight is 500 g/mol. The van der Waals surface area contributed by atoms with Crippen molar-refractivity contribution in [1.29, 1.82) is 5.26 Å². The molecule has 9 nitrogen and oxygen atoms in total. The van der Waals surface area contributed by atoms with Gasteiger partial charge >= 0.3 is 0 Å². The first-order valence-corrected chi connectivity index (χ1v) is 12.1. The molecule has 0 radical (unpaired) electrons. The lowest BCUT2D eigenvalue weighted by Crippen LogP contribution is -2.68. The summed E-state index contributed by atoms with van der Waals surface area (Å²) in [6, 6.07) is 5.57. The second kappa shape index (κ2) is 9.08. The molecule has 11 heteroatoms. The molecule has 3 amide bonds. The number of H-pyrrole nitrogens is 1. The van der Waals surface area contributed by atoms with E-state index in [-0.39, 0.29) is 24.4 Å². The van der Waals surface area contributed by atoms with Gasteiger partial charge in [-0.25, -0.2) is 8.78 Å². The van der Waals surface area contributed by atoms with E-state index in [9.17, 15) is 28.4 Å². The van der Waals surface area contributed by atoms with Gasteiger partial charge in [-0.3, -0.25) is 14.4 Å². The fraction of sp³-hybridized carbons (Fsp3) is 0.520. The summed E-state index contributed by atoms with van der Waals surface area (Å²) in [5.74, 6) is -5.90. The van der Waals surface area contributed by atoms with E-state index in [0.717, 1.165) is 0 Å². The Bertz CT molecular complexity index is 1250. The molecular weight excluding hydrogens is 472 g/mol. The highest BCUT2D eigenvalue weighted by atomic mass is 19.3. The molecule has 6 rings (SSSR count). The number of carbonyl (C=O) groups is 3. The molecule has 36 heavy (non-hydrogen) atoms. The standard InChI is InChI=1S/C25H27F2N5O4/c1-36-20-4-2-3-18-16(20)10-19(31-18)24(35)32-15-5-6-17(25(26,27)11-15)21(32)23(34)30-14(12-28)9-13-7-8-29-22(13)33/h2-4,10,13-15,17,21,31H,5-9,11H2,1H3,(H,29,33)(H,30,34)/t13-,14+,15+,17+,21-/m0/s1. The molecule has 1 aromatic carbocycles. The van der Waals surface area contributed by atoms with Crippen LogP contribution in [-0.4, -0.2) is 65.3 Å². The van der Waals surface area contributed by atoms with Crippen molar-refractivity contribution in [2.45, 2.75) is 56.2 Å². The van der Waals surface area contributed by atoms with Crippen LogP contribution in [0.3, 0.4) is 0 Å². The Morgan fingerprint density at radius 2 is 2.14 bits per heavy atom. The number of aromatic nitrogens is 1. The van der Waals surface area contributed by atoms with Crippen LogP contribution in [0.5, 0.6) is 5.75 Å². The van der Waals surface area contributed by atoms with Crippen molar-refractivity contribution in [2.75, 3.05) is 13.7 Å². The monoisotopic (exact) mass is 499 g/mol. The lowest BCUT2D eigenvalue weighted by atomic mass is 9.71. The number of nitriles is 1. The van der Waals surface area contributed by atoms with E-state index in [4.69, 9.17) is 4.74 Å². The van der Waals surface area contributed by atoms with Crippen LogP contribution in [0.1, 0.15) is 42.6 Å². The number of amides is 3. The molecule has 4 aliphatic rings. The largest absolute Gasteiger partial charge is 0.496 e. The predicted molar refractivity (Wildman–Crippen MR) is 124 cm³/mol. The second-order valence-electron chi connectivity index (χ2n) is 9.77. The van der Waals surface area contributed by atoms with E-state index >= 15 is 0 Å². The molecule has 1 saturated carbocycles. The topological polar surface area (TPSA) is 127 Å². The number of alkyl halides is 2. The number of halogens is 2. The van der Waals surface area contributed by atoms with Gasteiger partial charge in [0.15, 0.2) is 0 Å². The molecule has 190 valence electrons. The van der Waals surface area contributed by atoms with Gasteiger partial charge in [0.05, 0.1) is 19.1 Å². The number of hydrogen-bond donors (Lipinski definition) is 3. The van der Waals surface area contributed by atoms with Crippen molar-refractivity contribution in [1.82, 2.24) is 20.5 Å². The second-order valence-corrected chi connectivity index (χ2v) is 9.77. The third-order valence-electron chi connectivity index (χ3n) is 7.67. The summed E-state index contributed by atoms with van der Waals surface area (Å²) in [7, 11) is 1.51. The highest BCUT2D eigenvalue weighted by Crippen LogP contribution is 2.49. The van der Waals surface area contributed by atoms with Gasteiger partial charge in [-0.05, 0) is 43.9 Å². The molecule has 3 saturated heterocycles. The van der Waals surface area contributed by atoms with Crippen LogP contribution in [0.25, 0.3) is 10.9 Å². The molecule has 4 fully saturated rings. The molecule has 0 unspecified atom stereocenters. The lowest BCUT2D eigenvalue weighted by molar-refractivity contribution is -0.179. The maximum atomic E-state index is 15.0. The molecule has 0 spiro atoms. The number of ether oxygens (including phenoxy) is 1. The van der Waals surface area contributed by atoms with Crippen LogP contribution in [0.2, 0.25) is 0 Å². The lowest BCUT2D eigenvalue weighted by Gasteiger charge is -2.53. The van der Waals surface area contributed by atoms with Gasteiger partial charge in [0.25, 0.3) is 11.8 Å². The fourth-order valence-electron chi connectivity index (χ4n) is 5.91. The van der Waals surface area contributed by atoms with Crippen molar-refractivity contribution in [2.24, 2.45) is 11.8 Å². The Labute approximate surface area is 206 Å². The van der Waals surface area contributed by atoms with E-state index < -0.39 is 54.1 Å². The molecule has 3 aliphatic heterocycles. The fourth-order valence-corrected chi connectivity index (χ4v) is 5.91. The molecule has 2 bridgehead atoms. The number of rotatable bonds is 6. The Kier molecular flexibility index (Phi) is 6.06. The van der Waals surface area contributed by atoms with Crippen molar-refractivity contribution in [3.05, 3.63) is 30.0 Å². The van der Waals surface area contributed by atoms with Gasteiger partial charge in [0.2, 0.25) is 11.8 Å². The number of hydrogen-bond acceptors (Lipinski definition) is 5. The number of carbonyl (C=O) groups excluding carboxylic acids is 3. The van der Waals surface area contributed by atoms with E-state index in [0.29, 0.717) is 36.0 Å². The third-order valence-corrected chi connectivity index (χ3v) is 7.67. The molecule has 4 heterocycles. The van der Waals surface area contributed by atoms with Crippen molar-refractivity contribution in [3.8, 4) is 11.8 Å². The van der Waals surface area contributed by atoms with Gasteiger partial charge in [-0.1, -0.05) is 6.07 Å². The Morgan fingerprint density at radius 1 is 1.33 bits per heavy atom. The summed E-state index contributed by atoms with van der Waals surface area (Å²) in [6.07, 6.45) is 0.570. The van der Waals surface area contributed by atoms with Crippen molar-refractivity contribution in [3.63, 3.8) is 0 Å². The van der Waals surface area contributed by atoms with Crippen LogP contribution < -0.4 is 15.4 Å². The molecule has 1 aliphatic carbocycles. The number of nitrogens with zero attached hydrogens (tertiary/aromatic N) is 2. The summed E-state index contributed by atoms with van der Waals surface area (Å²) < 4.78 is 35.3. The quantitative estimate of drug-likeness (QED) is 0.562. The van der Waals surface area contributed by atoms with E-state index in [1.54, 1.807) is 24.3 Å². The molecule has 3 N–H and O–H groups in total. The molecule has 2 aromatic rings. The van der Waals surface area contributed by atoms with Gasteiger partial charge in [-0.15, -0.1) is 0 Å². The van der Waals surface area contributed by atoms with Crippen LogP contribution in [0.15, 0.2) is 24.3 Å². The van der Waals surface area contributed by atoms with Crippen molar-refractivity contribution < 1.29 is 27.9 Å². The normalized spacial score (nSPS) is 27.4. The number of methoxy groups -OCH3 is 1. The van der Waals surface area contributed by atoms with Gasteiger partial charge in [0.1, 0.15) is 23.5 Å². The summed E-state index contributed by atoms with van der Waals surface area (Å²) in [5, 5.41) is 15.5. The third kappa shape index (κ3) is 4.04. The highest BCUT2D eigenvalue weighted by Gasteiger charge is 2.60. The van der Waals surface area contributed by atoms with Crippen LogP contribution in [0, 0.1) is 23.2 Å². The van der Waals surface area contributed by atoms with Gasteiger partial charge in [-0.2, -0.15) is 5.26 Å².